The Morgan fingerprint density at radius 2 is 0.286 bits per heavy atom. The molecule has 0 rings (SSSR count). The van der Waals surface area contributed by atoms with Gasteiger partial charge in [0.2, 0.25) is 0 Å². The normalized spacial score (nSPS) is 0. The monoisotopic (exact) mass is 309 g/mol. The van der Waals surface area contributed by atoms with Crippen molar-refractivity contribution in [3.05, 3.63) is 0 Å². The second-order valence-corrected chi connectivity index (χ2v) is 0. The van der Waals surface area contributed by atoms with Crippen molar-refractivity contribution in [3.63, 3.8) is 0 Å². The van der Waals surface area contributed by atoms with Crippen LogP contribution in [0.2, 0.25) is 0 Å². The Bertz CT molecular complexity index is 4.14. The van der Waals surface area contributed by atoms with E-state index >= 15 is 0 Å². The molecule has 0 aromatic rings. The predicted molar refractivity (Wildman–Crippen MR) is 43.5 cm³/mol. The summed E-state index contributed by atoms with van der Waals surface area (Å²) >= 11 is 0. The average molecular weight is 312 g/mol. The van der Waals surface area contributed by atoms with Crippen molar-refractivity contribution in [2.75, 3.05) is 0 Å². The van der Waals surface area contributed by atoms with Crippen LogP contribution in [-0.2, 0) is 22.4 Å². The van der Waals surface area contributed by atoms with E-state index in [2.05, 4.69) is 0 Å². The molecular weight excluding hydrogens is 306 g/mol. The van der Waals surface area contributed by atoms with Crippen LogP contribution in [0.4, 0.5) is 0 Å². The molecule has 0 atom stereocenters. The van der Waals surface area contributed by atoms with Gasteiger partial charge in [-0.25, -0.2) is 0 Å². The van der Waals surface area contributed by atoms with Crippen LogP contribution in [0.15, 0.2) is 0 Å². The Kier molecular flexibility index (Phi) is 1220. The second-order valence-electron chi connectivity index (χ2n) is 0. The van der Waals surface area contributed by atoms with Crippen LogP contribution >= 0.6 is 74.4 Å². The maximum absolute atomic E-state index is 0. The van der Waals surface area contributed by atoms with Crippen LogP contribution in [0.25, 0.3) is 0 Å². The summed E-state index contributed by atoms with van der Waals surface area (Å²) in [6, 6.07) is 0. The largest absolute Gasteiger partial charge is 0.147 e. The fourth-order valence-corrected chi connectivity index (χ4v) is 0. The third-order valence-corrected chi connectivity index (χ3v) is 0. The van der Waals surface area contributed by atoms with E-state index in [1.165, 1.54) is 0 Å². The first-order valence-corrected chi connectivity index (χ1v) is 0. The molecule has 0 bridgehead atoms. The topological polar surface area (TPSA) is 0 Å². The molecule has 0 nitrogen and oxygen atoms in total. The molecule has 0 aliphatic carbocycles. The molecular formula is H6Cl6Nb. The van der Waals surface area contributed by atoms with Gasteiger partial charge in [0.1, 0.15) is 0 Å². The van der Waals surface area contributed by atoms with Crippen LogP contribution in [0.1, 0.15) is 0 Å². The zero-order valence-corrected chi connectivity index (χ0v) is 9.99. The van der Waals surface area contributed by atoms with Crippen molar-refractivity contribution in [2.24, 2.45) is 0 Å². The van der Waals surface area contributed by atoms with E-state index in [0.29, 0.717) is 0 Å². The first kappa shape index (κ1) is 111. The molecule has 53 valence electrons. The molecule has 0 heterocycles. The third-order valence-electron chi connectivity index (χ3n) is 0. The van der Waals surface area contributed by atoms with Gasteiger partial charge in [0.25, 0.3) is 0 Å². The smallest absolute Gasteiger partial charge is 0 e. The summed E-state index contributed by atoms with van der Waals surface area (Å²) in [7, 11) is 0. The van der Waals surface area contributed by atoms with Gasteiger partial charge in [-0.2, -0.15) is 0 Å². The van der Waals surface area contributed by atoms with Crippen molar-refractivity contribution in [2.45, 2.75) is 0 Å². The van der Waals surface area contributed by atoms with Crippen molar-refractivity contribution in [3.8, 4) is 0 Å². The van der Waals surface area contributed by atoms with Gasteiger partial charge in [-0.05, 0) is 0 Å². The Labute approximate surface area is 95.9 Å². The Morgan fingerprint density at radius 1 is 0.286 bits per heavy atom. The van der Waals surface area contributed by atoms with Gasteiger partial charge in [-0.15, -0.1) is 74.4 Å². The molecule has 0 fully saturated rings. The zero-order chi connectivity index (χ0) is 0. The fraction of sp³-hybridized carbons (Fsp3) is 0. The van der Waals surface area contributed by atoms with Crippen LogP contribution < -0.4 is 0 Å². The molecule has 1 radical (unpaired) electrons. The first-order valence-electron chi connectivity index (χ1n) is 0. The molecule has 0 aromatic carbocycles. The molecule has 0 N–H and O–H groups in total. The van der Waals surface area contributed by atoms with Gasteiger partial charge in [-0.1, -0.05) is 0 Å². The van der Waals surface area contributed by atoms with Gasteiger partial charge in [0, 0.05) is 22.4 Å². The average Bonchev–Trinajstić information content (AvgIpc) is 0. The SMILES string of the molecule is Cl.Cl.Cl.Cl.Cl.Cl.[Nb]. The molecule has 0 aromatic heterocycles. The van der Waals surface area contributed by atoms with Gasteiger partial charge in [-0.3, -0.25) is 0 Å². The van der Waals surface area contributed by atoms with Crippen LogP contribution in [0, 0.1) is 0 Å². The number of rotatable bonds is 0. The van der Waals surface area contributed by atoms with Crippen LogP contribution in [0.3, 0.4) is 0 Å². The molecule has 0 unspecified atom stereocenters. The maximum atomic E-state index is 0. The van der Waals surface area contributed by atoms with Gasteiger partial charge in [0.05, 0.1) is 0 Å². The zero-order valence-electron chi connectivity index (χ0n) is 2.90. The first-order chi connectivity index (χ1) is 0. The third kappa shape index (κ3) is 57.9. The maximum Gasteiger partial charge on any atom is 0 e. The molecule has 0 saturated carbocycles. The summed E-state index contributed by atoms with van der Waals surface area (Å²) in [6.07, 6.45) is 0. The minimum absolute atomic E-state index is 0. The van der Waals surface area contributed by atoms with E-state index in [-0.39, 0.29) is 96.8 Å². The molecule has 0 saturated heterocycles. The summed E-state index contributed by atoms with van der Waals surface area (Å²) in [6.45, 7) is 0. The number of hydrogen-bond acceptors (Lipinski definition) is 0. The second kappa shape index (κ2) is 77.1. The minimum atomic E-state index is 0. The summed E-state index contributed by atoms with van der Waals surface area (Å²) in [4.78, 5) is 0. The molecule has 0 aliphatic heterocycles. The van der Waals surface area contributed by atoms with Crippen molar-refractivity contribution in [1.29, 1.82) is 0 Å². The van der Waals surface area contributed by atoms with Crippen molar-refractivity contribution >= 4 is 74.4 Å². The molecule has 0 aliphatic rings. The van der Waals surface area contributed by atoms with Gasteiger partial charge >= 0.3 is 0 Å². The molecule has 0 amide bonds. The fourth-order valence-electron chi connectivity index (χ4n) is 0. The van der Waals surface area contributed by atoms with Crippen molar-refractivity contribution < 1.29 is 22.4 Å². The van der Waals surface area contributed by atoms with E-state index in [1.54, 1.807) is 0 Å². The van der Waals surface area contributed by atoms with Crippen LogP contribution in [-0.4, -0.2) is 0 Å². The van der Waals surface area contributed by atoms with Crippen LogP contribution in [0.5, 0.6) is 0 Å². The molecule has 0 spiro atoms. The van der Waals surface area contributed by atoms with Crippen molar-refractivity contribution in [1.82, 2.24) is 0 Å². The Hall–Kier alpha value is 2.48. The quantitative estimate of drug-likeness (QED) is 0.603. The predicted octanol–water partition coefficient (Wildman–Crippen LogP) is 2.53. The Balaban J connectivity index is 0. The van der Waals surface area contributed by atoms with E-state index < -0.39 is 0 Å². The summed E-state index contributed by atoms with van der Waals surface area (Å²) < 4.78 is 0. The summed E-state index contributed by atoms with van der Waals surface area (Å²) in [5.74, 6) is 0. The van der Waals surface area contributed by atoms with Gasteiger partial charge < -0.3 is 0 Å². The summed E-state index contributed by atoms with van der Waals surface area (Å²) in [5, 5.41) is 0. The van der Waals surface area contributed by atoms with E-state index in [9.17, 15) is 0 Å². The summed E-state index contributed by atoms with van der Waals surface area (Å²) in [5.41, 5.74) is 0. The number of halogens is 6. The standard InChI is InChI=1S/6ClH.Nb/h6*1H;. The van der Waals surface area contributed by atoms with Gasteiger partial charge in [0.15, 0.2) is 0 Å². The molecule has 7 heavy (non-hydrogen) atoms. The molecule has 7 heteroatoms. The van der Waals surface area contributed by atoms with E-state index in [0.717, 1.165) is 0 Å². The minimum Gasteiger partial charge on any atom is -0.147 e. The number of hydrogen-bond donors (Lipinski definition) is 0. The van der Waals surface area contributed by atoms with E-state index in [4.69, 9.17) is 0 Å². The van der Waals surface area contributed by atoms with E-state index in [1.807, 2.05) is 0 Å². The Morgan fingerprint density at radius 3 is 0.286 bits per heavy atom.